The molecule has 3 N–H and O–H groups in total. The van der Waals surface area contributed by atoms with E-state index in [9.17, 15) is 18.8 Å². The van der Waals surface area contributed by atoms with Gasteiger partial charge in [-0.15, -0.1) is 0 Å². The summed E-state index contributed by atoms with van der Waals surface area (Å²) in [7, 11) is 0. The van der Waals surface area contributed by atoms with E-state index >= 15 is 0 Å². The molecule has 3 aromatic rings. The number of aromatic amines is 1. The summed E-state index contributed by atoms with van der Waals surface area (Å²) >= 11 is 6.29. The molecule has 1 aromatic heterocycles. The number of benzene rings is 2. The van der Waals surface area contributed by atoms with Crippen LogP contribution in [-0.2, 0) is 19.9 Å². The highest BCUT2D eigenvalue weighted by Crippen LogP contribution is 2.44. The van der Waals surface area contributed by atoms with Gasteiger partial charge in [0.25, 0.3) is 0 Å². The van der Waals surface area contributed by atoms with Crippen molar-refractivity contribution >= 4 is 40.9 Å². The quantitative estimate of drug-likeness (QED) is 0.367. The van der Waals surface area contributed by atoms with E-state index in [0.29, 0.717) is 72.1 Å². The average molecular weight is 552 g/mol. The van der Waals surface area contributed by atoms with Crippen molar-refractivity contribution in [1.82, 2.24) is 14.9 Å². The molecule has 9 nitrogen and oxygen atoms in total. The Morgan fingerprint density at radius 1 is 1.10 bits per heavy atom. The van der Waals surface area contributed by atoms with Gasteiger partial charge in [-0.3, -0.25) is 14.9 Å². The first-order chi connectivity index (χ1) is 18.8. The molecule has 6 rings (SSSR count). The van der Waals surface area contributed by atoms with E-state index in [1.165, 1.54) is 12.1 Å². The van der Waals surface area contributed by atoms with Crippen molar-refractivity contribution in [2.75, 3.05) is 23.7 Å². The first-order valence-corrected chi connectivity index (χ1v) is 13.4. The zero-order chi connectivity index (χ0) is 27.1. The van der Waals surface area contributed by atoms with Gasteiger partial charge in [-0.25, -0.2) is 14.2 Å². The van der Waals surface area contributed by atoms with Crippen molar-refractivity contribution in [3.05, 3.63) is 64.8 Å². The first-order valence-electron chi connectivity index (χ1n) is 13.0. The molecule has 3 amide bonds. The normalized spacial score (nSPS) is 22.9. The van der Waals surface area contributed by atoms with Gasteiger partial charge in [0.15, 0.2) is 5.60 Å². The van der Waals surface area contributed by atoms with Crippen LogP contribution in [0.5, 0.6) is 0 Å². The highest BCUT2D eigenvalue weighted by atomic mass is 35.5. The number of carbonyl (C=O) groups excluding carboxylic acids is 3. The Bertz CT molecular complexity index is 1480. The molecular formula is C28H27ClFN5O4. The topological polar surface area (TPSA) is 116 Å². The summed E-state index contributed by atoms with van der Waals surface area (Å²) in [5, 5.41) is 6.04. The molecule has 1 unspecified atom stereocenters. The molecule has 1 fully saturated rings. The van der Waals surface area contributed by atoms with Crippen LogP contribution in [-0.4, -0.2) is 45.9 Å². The van der Waals surface area contributed by atoms with Crippen LogP contribution >= 0.6 is 11.6 Å². The average Bonchev–Trinajstić information content (AvgIpc) is 3.38. The van der Waals surface area contributed by atoms with Crippen LogP contribution in [0.4, 0.5) is 20.6 Å². The number of nitrogens with one attached hydrogen (secondary N) is 3. The Kier molecular flexibility index (Phi) is 6.50. The van der Waals surface area contributed by atoms with Gasteiger partial charge < -0.3 is 19.9 Å². The lowest BCUT2D eigenvalue weighted by Crippen LogP contribution is -2.54. The van der Waals surface area contributed by atoms with Crippen LogP contribution in [0.2, 0.25) is 5.02 Å². The molecule has 11 heteroatoms. The van der Waals surface area contributed by atoms with Gasteiger partial charge in [0.1, 0.15) is 11.6 Å². The van der Waals surface area contributed by atoms with Crippen molar-refractivity contribution in [2.24, 2.45) is 0 Å². The summed E-state index contributed by atoms with van der Waals surface area (Å²) in [5.74, 6) is -0.893. The Labute approximate surface area is 229 Å². The summed E-state index contributed by atoms with van der Waals surface area (Å²) in [6.45, 7) is 0.706. The number of aromatic nitrogens is 2. The van der Waals surface area contributed by atoms with Gasteiger partial charge >= 0.3 is 6.09 Å². The molecule has 39 heavy (non-hydrogen) atoms. The van der Waals surface area contributed by atoms with E-state index in [1.807, 2.05) is 0 Å². The molecule has 1 saturated heterocycles. The number of hydrogen-bond donors (Lipinski definition) is 3. The van der Waals surface area contributed by atoms with Crippen molar-refractivity contribution in [1.29, 1.82) is 0 Å². The van der Waals surface area contributed by atoms with Crippen LogP contribution in [0, 0.1) is 5.82 Å². The minimum atomic E-state index is -1.00. The fourth-order valence-corrected chi connectivity index (χ4v) is 6.01. The number of ether oxygens (including phenoxy) is 1. The van der Waals surface area contributed by atoms with E-state index in [0.717, 1.165) is 5.56 Å². The Hall–Kier alpha value is -3.92. The highest BCUT2D eigenvalue weighted by Gasteiger charge is 2.47. The van der Waals surface area contributed by atoms with Gasteiger partial charge in [0.05, 0.1) is 35.7 Å². The van der Waals surface area contributed by atoms with Gasteiger partial charge in [0, 0.05) is 29.1 Å². The molecule has 2 atom stereocenters. The summed E-state index contributed by atoms with van der Waals surface area (Å²) in [6, 6.07) is 9.41. The maximum absolute atomic E-state index is 14.1. The SMILES string of the molecule is O=C1CCCCC(C(=O)N2CCC[C@@]3(C2)OC(=O)Nc2ccc(Cl)cc23)c2ncc([nH]2)-c2ccc(F)cc2N1. The summed E-state index contributed by atoms with van der Waals surface area (Å²) in [6.07, 6.45) is 4.16. The first kappa shape index (κ1) is 25.4. The molecule has 2 aromatic carbocycles. The van der Waals surface area contributed by atoms with Crippen LogP contribution in [0.1, 0.15) is 55.8 Å². The van der Waals surface area contributed by atoms with Crippen molar-refractivity contribution in [2.45, 2.75) is 50.0 Å². The Morgan fingerprint density at radius 3 is 2.85 bits per heavy atom. The van der Waals surface area contributed by atoms with E-state index in [4.69, 9.17) is 16.3 Å². The molecule has 3 aliphatic heterocycles. The number of rotatable bonds is 1. The highest BCUT2D eigenvalue weighted by molar-refractivity contribution is 6.30. The lowest BCUT2D eigenvalue weighted by molar-refractivity contribution is -0.141. The lowest BCUT2D eigenvalue weighted by Gasteiger charge is -2.45. The second kappa shape index (κ2) is 10.00. The van der Waals surface area contributed by atoms with Crippen LogP contribution in [0.15, 0.2) is 42.6 Å². The molecule has 202 valence electrons. The number of fused-ring (bicyclic) bond motifs is 6. The fraction of sp³-hybridized carbons (Fsp3) is 0.357. The molecule has 1 spiro atoms. The zero-order valence-corrected chi connectivity index (χ0v) is 21.8. The van der Waals surface area contributed by atoms with E-state index in [-0.39, 0.29) is 24.8 Å². The molecule has 2 bridgehead atoms. The Morgan fingerprint density at radius 2 is 1.97 bits per heavy atom. The number of hydrogen-bond acceptors (Lipinski definition) is 5. The largest absolute Gasteiger partial charge is 0.436 e. The number of imidazole rings is 1. The van der Waals surface area contributed by atoms with Crippen molar-refractivity contribution in [3.63, 3.8) is 0 Å². The molecular weight excluding hydrogens is 525 g/mol. The summed E-state index contributed by atoms with van der Waals surface area (Å²) in [4.78, 5) is 48.6. The Balaban J connectivity index is 1.33. The second-order valence-electron chi connectivity index (χ2n) is 10.3. The van der Waals surface area contributed by atoms with Crippen LogP contribution < -0.4 is 10.6 Å². The lowest BCUT2D eigenvalue weighted by atomic mass is 9.83. The number of amides is 3. The zero-order valence-electron chi connectivity index (χ0n) is 21.1. The van der Waals surface area contributed by atoms with Gasteiger partial charge in [-0.05, 0) is 62.1 Å². The predicted octanol–water partition coefficient (Wildman–Crippen LogP) is 5.55. The smallest absolute Gasteiger partial charge is 0.412 e. The number of halogens is 2. The fourth-order valence-electron chi connectivity index (χ4n) is 5.83. The number of likely N-dealkylation sites (tertiary alicyclic amines) is 1. The number of anilines is 2. The van der Waals surface area contributed by atoms with Crippen LogP contribution in [0.3, 0.4) is 0 Å². The van der Waals surface area contributed by atoms with Gasteiger partial charge in [-0.2, -0.15) is 0 Å². The van der Waals surface area contributed by atoms with Crippen molar-refractivity contribution < 1.29 is 23.5 Å². The number of carbonyl (C=O) groups is 3. The van der Waals surface area contributed by atoms with E-state index in [2.05, 4.69) is 20.6 Å². The van der Waals surface area contributed by atoms with Gasteiger partial charge in [0.2, 0.25) is 11.8 Å². The standard InChI is InChI=1S/C28H27ClFN5O4/c29-16-6-9-21-20(12-16)28(39-27(38)34-21)10-3-11-35(15-28)26(37)19-4-1-2-5-24(36)32-22-13-17(30)7-8-18(22)23-14-31-25(19)33-23/h6-9,12-14,19H,1-5,10-11,15H2,(H,31,33)(H,32,36)(H,34,38)/t19?,28-/m0/s1. The van der Waals surface area contributed by atoms with Crippen molar-refractivity contribution in [3.8, 4) is 11.3 Å². The molecule has 0 saturated carbocycles. The third-order valence-corrected chi connectivity index (χ3v) is 7.92. The second-order valence-corrected chi connectivity index (χ2v) is 10.7. The molecule has 3 aliphatic rings. The van der Waals surface area contributed by atoms with E-state index < -0.39 is 23.4 Å². The summed E-state index contributed by atoms with van der Waals surface area (Å²) in [5.41, 5.74) is 1.88. The number of piperidine rings is 1. The minimum absolute atomic E-state index is 0.131. The predicted molar refractivity (Wildman–Crippen MR) is 143 cm³/mol. The molecule has 4 heterocycles. The number of nitrogens with zero attached hydrogens (tertiary/aromatic N) is 2. The molecule has 0 radical (unpaired) electrons. The third-order valence-electron chi connectivity index (χ3n) is 7.68. The minimum Gasteiger partial charge on any atom is -0.436 e. The van der Waals surface area contributed by atoms with E-state index in [1.54, 1.807) is 35.4 Å². The maximum atomic E-state index is 14.1. The summed E-state index contributed by atoms with van der Waals surface area (Å²) < 4.78 is 19.8. The molecule has 0 aliphatic carbocycles. The van der Waals surface area contributed by atoms with Gasteiger partial charge in [-0.1, -0.05) is 18.0 Å². The maximum Gasteiger partial charge on any atom is 0.412 e. The number of H-pyrrole nitrogens is 1. The monoisotopic (exact) mass is 551 g/mol. The third kappa shape index (κ3) is 4.85. The van der Waals surface area contributed by atoms with Crippen LogP contribution in [0.25, 0.3) is 11.3 Å².